The Morgan fingerprint density at radius 2 is 1.52 bits per heavy atom. The van der Waals surface area contributed by atoms with Gasteiger partial charge in [0, 0.05) is 29.3 Å². The fourth-order valence-corrected chi connectivity index (χ4v) is 3.87. The molecular weight excluding hydrogens is 412 g/mol. The number of benzene rings is 3. The molecule has 5 heteroatoms. The Morgan fingerprint density at radius 3 is 2.15 bits per heavy atom. The number of anilines is 1. The number of ether oxygens (including phenoxy) is 1. The number of carboxylic acid groups (broad SMARTS) is 1. The minimum atomic E-state index is -0.815. The van der Waals surface area contributed by atoms with Crippen molar-refractivity contribution < 1.29 is 14.6 Å². The number of nitrogens with one attached hydrogen (secondary N) is 1. The van der Waals surface area contributed by atoms with Crippen LogP contribution in [0.25, 0.3) is 11.3 Å². The first-order valence-corrected chi connectivity index (χ1v) is 10.8. The molecule has 1 aromatic heterocycles. The van der Waals surface area contributed by atoms with E-state index in [2.05, 4.69) is 10.3 Å². The average Bonchev–Trinajstić information content (AvgIpc) is 2.87. The zero-order chi connectivity index (χ0) is 23.0. The maximum absolute atomic E-state index is 11.4. The molecule has 5 nitrogen and oxygen atoms in total. The number of aliphatic carboxylic acids is 1. The molecule has 0 aliphatic carbocycles. The minimum Gasteiger partial charge on any atom is -0.481 e. The molecule has 0 spiro atoms. The number of pyridine rings is 1. The summed E-state index contributed by atoms with van der Waals surface area (Å²) < 4.78 is 5.53. The lowest BCUT2D eigenvalue weighted by molar-refractivity contribution is -0.137. The fraction of sp³-hybridized carbons (Fsp3) is 0.143. The van der Waals surface area contributed by atoms with Crippen LogP contribution in [0.15, 0.2) is 97.1 Å². The SMILES string of the molecule is COc1nc(-c2ccccc2)ccc1CNc1ccc(C(CC(=O)O)c2ccccc2)cc1. The third kappa shape index (κ3) is 5.57. The Labute approximate surface area is 193 Å². The van der Waals surface area contributed by atoms with Crippen LogP contribution < -0.4 is 10.1 Å². The highest BCUT2D eigenvalue weighted by Crippen LogP contribution is 2.29. The average molecular weight is 439 g/mol. The van der Waals surface area contributed by atoms with Crippen LogP contribution in [-0.2, 0) is 11.3 Å². The first-order valence-electron chi connectivity index (χ1n) is 10.8. The second kappa shape index (κ2) is 10.5. The van der Waals surface area contributed by atoms with Crippen molar-refractivity contribution in [1.82, 2.24) is 4.98 Å². The van der Waals surface area contributed by atoms with Crippen molar-refractivity contribution in [2.75, 3.05) is 12.4 Å². The summed E-state index contributed by atoms with van der Waals surface area (Å²) in [6.07, 6.45) is 0.0490. The number of aromatic nitrogens is 1. The molecule has 1 unspecified atom stereocenters. The Kier molecular flexibility index (Phi) is 7.00. The van der Waals surface area contributed by atoms with Crippen molar-refractivity contribution >= 4 is 11.7 Å². The zero-order valence-corrected chi connectivity index (χ0v) is 18.4. The topological polar surface area (TPSA) is 71.5 Å². The van der Waals surface area contributed by atoms with E-state index in [1.807, 2.05) is 97.1 Å². The van der Waals surface area contributed by atoms with Crippen LogP contribution >= 0.6 is 0 Å². The van der Waals surface area contributed by atoms with Crippen molar-refractivity contribution in [1.29, 1.82) is 0 Å². The van der Waals surface area contributed by atoms with Gasteiger partial charge >= 0.3 is 5.97 Å². The second-order valence-electron chi connectivity index (χ2n) is 7.77. The molecule has 0 aliphatic rings. The number of rotatable bonds is 9. The van der Waals surface area contributed by atoms with Gasteiger partial charge in [-0.05, 0) is 35.4 Å². The van der Waals surface area contributed by atoms with E-state index in [4.69, 9.17) is 4.74 Å². The highest BCUT2D eigenvalue weighted by atomic mass is 16.5. The van der Waals surface area contributed by atoms with Crippen LogP contribution in [0, 0.1) is 0 Å². The van der Waals surface area contributed by atoms with E-state index in [1.54, 1.807) is 7.11 Å². The van der Waals surface area contributed by atoms with E-state index in [0.29, 0.717) is 12.4 Å². The molecule has 0 bridgehead atoms. The van der Waals surface area contributed by atoms with Gasteiger partial charge < -0.3 is 15.2 Å². The smallest absolute Gasteiger partial charge is 0.304 e. The number of nitrogens with zero attached hydrogens (tertiary/aromatic N) is 1. The van der Waals surface area contributed by atoms with Gasteiger partial charge in [0.15, 0.2) is 0 Å². The number of hydrogen-bond donors (Lipinski definition) is 2. The fourth-order valence-electron chi connectivity index (χ4n) is 3.87. The summed E-state index contributed by atoms with van der Waals surface area (Å²) in [5, 5.41) is 12.8. The summed E-state index contributed by atoms with van der Waals surface area (Å²) in [4.78, 5) is 16.1. The maximum Gasteiger partial charge on any atom is 0.304 e. The number of hydrogen-bond acceptors (Lipinski definition) is 4. The number of carbonyl (C=O) groups is 1. The standard InChI is InChI=1S/C28H26N2O3/c1-33-28-23(14-17-26(30-28)22-10-6-3-7-11-22)19-29-24-15-12-21(13-16-24)25(18-27(31)32)20-8-4-2-5-9-20/h2-17,25,29H,18-19H2,1H3,(H,31,32). The third-order valence-electron chi connectivity index (χ3n) is 5.58. The second-order valence-corrected chi connectivity index (χ2v) is 7.77. The van der Waals surface area contributed by atoms with E-state index < -0.39 is 5.97 Å². The molecule has 1 atom stereocenters. The first kappa shape index (κ1) is 22.1. The van der Waals surface area contributed by atoms with Gasteiger partial charge in [-0.3, -0.25) is 4.79 Å². The van der Waals surface area contributed by atoms with Crippen molar-refractivity contribution in [3.63, 3.8) is 0 Å². The monoisotopic (exact) mass is 438 g/mol. The Hall–Kier alpha value is -4.12. The summed E-state index contributed by atoms with van der Waals surface area (Å²) in [7, 11) is 1.63. The Balaban J connectivity index is 1.47. The van der Waals surface area contributed by atoms with Gasteiger partial charge in [0.2, 0.25) is 5.88 Å². The van der Waals surface area contributed by atoms with E-state index in [9.17, 15) is 9.90 Å². The van der Waals surface area contributed by atoms with Gasteiger partial charge in [-0.1, -0.05) is 72.8 Å². The Bertz CT molecular complexity index is 1190. The molecule has 3 aromatic carbocycles. The molecule has 1 heterocycles. The quantitative estimate of drug-likeness (QED) is 0.337. The lowest BCUT2D eigenvalue weighted by Gasteiger charge is -2.17. The van der Waals surface area contributed by atoms with Crippen LogP contribution in [0.4, 0.5) is 5.69 Å². The van der Waals surface area contributed by atoms with E-state index in [0.717, 1.165) is 33.6 Å². The van der Waals surface area contributed by atoms with E-state index in [1.165, 1.54) is 0 Å². The van der Waals surface area contributed by atoms with Gasteiger partial charge in [-0.15, -0.1) is 0 Å². The van der Waals surface area contributed by atoms with E-state index >= 15 is 0 Å². The molecule has 0 aliphatic heterocycles. The highest BCUT2D eigenvalue weighted by molar-refractivity contribution is 5.69. The van der Waals surface area contributed by atoms with Crippen LogP contribution in [0.2, 0.25) is 0 Å². The number of methoxy groups -OCH3 is 1. The van der Waals surface area contributed by atoms with Crippen LogP contribution in [0.5, 0.6) is 5.88 Å². The lowest BCUT2D eigenvalue weighted by Crippen LogP contribution is -2.08. The summed E-state index contributed by atoms with van der Waals surface area (Å²) in [5.41, 5.74) is 5.77. The molecule has 33 heavy (non-hydrogen) atoms. The predicted octanol–water partition coefficient (Wildman–Crippen LogP) is 5.98. The molecule has 166 valence electrons. The van der Waals surface area contributed by atoms with Crippen LogP contribution in [-0.4, -0.2) is 23.2 Å². The molecule has 0 amide bonds. The first-order chi connectivity index (χ1) is 16.1. The summed E-state index contributed by atoms with van der Waals surface area (Å²) >= 11 is 0. The predicted molar refractivity (Wildman–Crippen MR) is 131 cm³/mol. The zero-order valence-electron chi connectivity index (χ0n) is 18.4. The van der Waals surface area contributed by atoms with Crippen molar-refractivity contribution in [3.05, 3.63) is 114 Å². The van der Waals surface area contributed by atoms with Crippen molar-refractivity contribution in [3.8, 4) is 17.1 Å². The molecule has 4 aromatic rings. The summed E-state index contributed by atoms with van der Waals surface area (Å²) in [6, 6.07) is 31.7. The van der Waals surface area contributed by atoms with Gasteiger partial charge in [-0.2, -0.15) is 0 Å². The molecule has 0 fully saturated rings. The maximum atomic E-state index is 11.4. The van der Waals surface area contributed by atoms with Gasteiger partial charge in [0.1, 0.15) is 0 Å². The lowest BCUT2D eigenvalue weighted by atomic mass is 9.88. The molecular formula is C28H26N2O3. The van der Waals surface area contributed by atoms with Crippen molar-refractivity contribution in [2.45, 2.75) is 18.9 Å². The van der Waals surface area contributed by atoms with Gasteiger partial charge in [0.25, 0.3) is 0 Å². The van der Waals surface area contributed by atoms with Gasteiger partial charge in [-0.25, -0.2) is 4.98 Å². The van der Waals surface area contributed by atoms with Crippen molar-refractivity contribution in [2.24, 2.45) is 0 Å². The van der Waals surface area contributed by atoms with Crippen LogP contribution in [0.3, 0.4) is 0 Å². The third-order valence-corrected chi connectivity index (χ3v) is 5.58. The highest BCUT2D eigenvalue weighted by Gasteiger charge is 2.17. The minimum absolute atomic E-state index is 0.0490. The van der Waals surface area contributed by atoms with Crippen LogP contribution in [0.1, 0.15) is 29.0 Å². The number of carboxylic acids is 1. The molecule has 0 saturated heterocycles. The summed E-state index contributed by atoms with van der Waals surface area (Å²) in [6.45, 7) is 0.557. The molecule has 0 radical (unpaired) electrons. The molecule has 4 rings (SSSR count). The molecule has 0 saturated carbocycles. The Morgan fingerprint density at radius 1 is 0.879 bits per heavy atom. The normalized spacial score (nSPS) is 11.5. The summed E-state index contributed by atoms with van der Waals surface area (Å²) in [5.74, 6) is -0.414. The largest absolute Gasteiger partial charge is 0.481 e. The van der Waals surface area contributed by atoms with Gasteiger partial charge in [0.05, 0.1) is 19.2 Å². The van der Waals surface area contributed by atoms with E-state index in [-0.39, 0.29) is 12.3 Å². The molecule has 2 N–H and O–H groups in total.